The molecule has 3 aromatic rings. The standard InChI is InChI=1S/C19H16Cl3NO2S/c20-14-10-16(22)18(11-15(14)21)26-8-2-1-7-25-13-4-5-17-12(9-13)3-6-19(24)23-17/h3-6,9-11H,1-2,7-8H2,(H,23,24). The average molecular weight is 429 g/mol. The number of aromatic nitrogens is 1. The highest BCUT2D eigenvalue weighted by atomic mass is 35.5. The molecule has 1 aromatic heterocycles. The van der Waals surface area contributed by atoms with Crippen LogP contribution in [-0.2, 0) is 0 Å². The molecular weight excluding hydrogens is 413 g/mol. The number of hydrogen-bond acceptors (Lipinski definition) is 3. The number of halogens is 3. The number of rotatable bonds is 7. The molecule has 0 aliphatic carbocycles. The second-order valence-corrected chi connectivity index (χ2v) is 8.03. The summed E-state index contributed by atoms with van der Waals surface area (Å²) in [7, 11) is 0. The quantitative estimate of drug-likeness (QED) is 0.267. The Morgan fingerprint density at radius 3 is 2.58 bits per heavy atom. The number of nitrogens with one attached hydrogen (secondary N) is 1. The Morgan fingerprint density at radius 2 is 1.73 bits per heavy atom. The lowest BCUT2D eigenvalue weighted by molar-refractivity contribution is 0.310. The van der Waals surface area contributed by atoms with Gasteiger partial charge in [-0.25, -0.2) is 0 Å². The fourth-order valence-electron chi connectivity index (χ4n) is 2.41. The molecule has 0 saturated heterocycles. The van der Waals surface area contributed by atoms with Gasteiger partial charge in [0.15, 0.2) is 0 Å². The van der Waals surface area contributed by atoms with Gasteiger partial charge in [0.2, 0.25) is 5.56 Å². The van der Waals surface area contributed by atoms with Gasteiger partial charge in [0.05, 0.1) is 21.7 Å². The summed E-state index contributed by atoms with van der Waals surface area (Å²) in [5, 5.41) is 2.55. The number of aromatic amines is 1. The van der Waals surface area contributed by atoms with Crippen LogP contribution in [0.15, 0.2) is 52.2 Å². The molecule has 0 fully saturated rings. The van der Waals surface area contributed by atoms with Gasteiger partial charge in [-0.15, -0.1) is 11.8 Å². The largest absolute Gasteiger partial charge is 0.494 e. The van der Waals surface area contributed by atoms with Crippen LogP contribution in [0.3, 0.4) is 0 Å². The minimum absolute atomic E-state index is 0.106. The fraction of sp³-hybridized carbons (Fsp3) is 0.211. The molecule has 0 radical (unpaired) electrons. The van der Waals surface area contributed by atoms with Crippen molar-refractivity contribution in [1.29, 1.82) is 0 Å². The van der Waals surface area contributed by atoms with Crippen LogP contribution in [0.2, 0.25) is 15.1 Å². The normalized spacial score (nSPS) is 11.0. The number of pyridine rings is 1. The Morgan fingerprint density at radius 1 is 0.923 bits per heavy atom. The van der Waals surface area contributed by atoms with Gasteiger partial charge in [-0.3, -0.25) is 4.79 Å². The first-order chi connectivity index (χ1) is 12.5. The van der Waals surface area contributed by atoms with Crippen molar-refractivity contribution in [3.63, 3.8) is 0 Å². The van der Waals surface area contributed by atoms with Crippen LogP contribution in [0.4, 0.5) is 0 Å². The summed E-state index contributed by atoms with van der Waals surface area (Å²) < 4.78 is 5.79. The summed E-state index contributed by atoms with van der Waals surface area (Å²) in [4.78, 5) is 15.0. The summed E-state index contributed by atoms with van der Waals surface area (Å²) >= 11 is 19.8. The summed E-state index contributed by atoms with van der Waals surface area (Å²) in [5.41, 5.74) is 0.700. The van der Waals surface area contributed by atoms with Crippen LogP contribution in [0.25, 0.3) is 10.9 Å². The number of thioether (sulfide) groups is 1. The minimum atomic E-state index is -0.106. The van der Waals surface area contributed by atoms with Crippen LogP contribution >= 0.6 is 46.6 Å². The van der Waals surface area contributed by atoms with Crippen LogP contribution in [0.1, 0.15) is 12.8 Å². The maximum atomic E-state index is 11.3. The lowest BCUT2D eigenvalue weighted by Crippen LogP contribution is -2.02. The zero-order valence-corrected chi connectivity index (χ0v) is 16.8. The smallest absolute Gasteiger partial charge is 0.248 e. The summed E-state index contributed by atoms with van der Waals surface area (Å²) in [6.07, 6.45) is 1.91. The summed E-state index contributed by atoms with van der Waals surface area (Å²) in [6.45, 7) is 0.629. The highest BCUT2D eigenvalue weighted by Crippen LogP contribution is 2.35. The molecule has 3 rings (SSSR count). The van der Waals surface area contributed by atoms with E-state index < -0.39 is 0 Å². The van der Waals surface area contributed by atoms with E-state index in [0.29, 0.717) is 21.7 Å². The third kappa shape index (κ3) is 5.10. The Kier molecular flexibility index (Phi) is 6.76. The topological polar surface area (TPSA) is 42.1 Å². The van der Waals surface area contributed by atoms with E-state index in [1.54, 1.807) is 30.0 Å². The second kappa shape index (κ2) is 9.05. The van der Waals surface area contributed by atoms with E-state index in [9.17, 15) is 4.79 Å². The van der Waals surface area contributed by atoms with Crippen molar-refractivity contribution in [3.8, 4) is 5.75 Å². The molecule has 2 aromatic carbocycles. The monoisotopic (exact) mass is 427 g/mol. The Bertz CT molecular complexity index is 975. The molecular formula is C19H16Cl3NO2S. The maximum absolute atomic E-state index is 11.3. The van der Waals surface area contributed by atoms with Crippen LogP contribution in [0.5, 0.6) is 5.75 Å². The molecule has 0 atom stereocenters. The molecule has 1 N–H and O–H groups in total. The average Bonchev–Trinajstić information content (AvgIpc) is 2.62. The van der Waals surface area contributed by atoms with Crippen molar-refractivity contribution < 1.29 is 4.74 Å². The molecule has 7 heteroatoms. The first kappa shape index (κ1) is 19.4. The number of fused-ring (bicyclic) bond motifs is 1. The van der Waals surface area contributed by atoms with E-state index in [-0.39, 0.29) is 5.56 Å². The first-order valence-corrected chi connectivity index (χ1v) is 10.2. The minimum Gasteiger partial charge on any atom is -0.494 e. The van der Waals surface area contributed by atoms with E-state index in [2.05, 4.69) is 4.98 Å². The predicted octanol–water partition coefficient (Wildman–Crippen LogP) is 6.44. The van der Waals surface area contributed by atoms with E-state index in [0.717, 1.165) is 40.1 Å². The zero-order valence-electron chi connectivity index (χ0n) is 13.7. The lowest BCUT2D eigenvalue weighted by Gasteiger charge is -2.08. The van der Waals surface area contributed by atoms with Gasteiger partial charge in [0.1, 0.15) is 5.75 Å². The van der Waals surface area contributed by atoms with E-state index >= 15 is 0 Å². The Labute approximate surface area is 170 Å². The molecule has 0 unspecified atom stereocenters. The van der Waals surface area contributed by atoms with Crippen LogP contribution in [-0.4, -0.2) is 17.3 Å². The highest BCUT2D eigenvalue weighted by molar-refractivity contribution is 7.99. The summed E-state index contributed by atoms with van der Waals surface area (Å²) in [5.74, 6) is 1.71. The van der Waals surface area contributed by atoms with Gasteiger partial charge in [0, 0.05) is 21.9 Å². The Hall–Kier alpha value is -1.33. The molecule has 0 amide bonds. The van der Waals surface area contributed by atoms with E-state index in [1.807, 2.05) is 18.2 Å². The van der Waals surface area contributed by atoms with Crippen molar-refractivity contribution in [2.24, 2.45) is 0 Å². The van der Waals surface area contributed by atoms with Gasteiger partial charge in [-0.05, 0) is 55.0 Å². The molecule has 0 saturated carbocycles. The third-order valence-electron chi connectivity index (χ3n) is 3.73. The zero-order chi connectivity index (χ0) is 18.5. The van der Waals surface area contributed by atoms with Crippen molar-refractivity contribution in [2.75, 3.05) is 12.4 Å². The number of H-pyrrole nitrogens is 1. The predicted molar refractivity (Wildman–Crippen MR) is 111 cm³/mol. The van der Waals surface area contributed by atoms with Crippen molar-refractivity contribution in [3.05, 3.63) is 67.9 Å². The van der Waals surface area contributed by atoms with Gasteiger partial charge in [-0.1, -0.05) is 34.8 Å². The number of benzene rings is 2. The van der Waals surface area contributed by atoms with Crippen LogP contribution < -0.4 is 10.3 Å². The molecule has 0 aliphatic rings. The van der Waals surface area contributed by atoms with Crippen molar-refractivity contribution in [2.45, 2.75) is 17.7 Å². The van der Waals surface area contributed by atoms with Crippen LogP contribution in [0, 0.1) is 0 Å². The SMILES string of the molecule is O=c1ccc2cc(OCCCCSc3cc(Cl)c(Cl)cc3Cl)ccc2[nH]1. The molecule has 0 bridgehead atoms. The molecule has 3 nitrogen and oxygen atoms in total. The first-order valence-electron chi connectivity index (χ1n) is 8.06. The number of ether oxygens (including phenoxy) is 1. The molecule has 0 aliphatic heterocycles. The molecule has 0 spiro atoms. The maximum Gasteiger partial charge on any atom is 0.248 e. The molecule has 26 heavy (non-hydrogen) atoms. The number of unbranched alkanes of at least 4 members (excludes halogenated alkanes) is 1. The van der Waals surface area contributed by atoms with Crippen molar-refractivity contribution in [1.82, 2.24) is 4.98 Å². The van der Waals surface area contributed by atoms with Gasteiger partial charge >= 0.3 is 0 Å². The van der Waals surface area contributed by atoms with E-state index in [1.165, 1.54) is 6.07 Å². The Balaban J connectivity index is 1.44. The summed E-state index contributed by atoms with van der Waals surface area (Å²) in [6, 6.07) is 12.4. The van der Waals surface area contributed by atoms with Crippen molar-refractivity contribution >= 4 is 57.5 Å². The fourth-order valence-corrected chi connectivity index (χ4v) is 4.15. The highest BCUT2D eigenvalue weighted by Gasteiger charge is 2.06. The molecule has 136 valence electrons. The lowest BCUT2D eigenvalue weighted by atomic mass is 10.2. The van der Waals surface area contributed by atoms with E-state index in [4.69, 9.17) is 39.5 Å². The molecule has 1 heterocycles. The van der Waals surface area contributed by atoms with Gasteiger partial charge in [0.25, 0.3) is 0 Å². The second-order valence-electron chi connectivity index (χ2n) is 5.67. The van der Waals surface area contributed by atoms with Gasteiger partial charge < -0.3 is 9.72 Å². The van der Waals surface area contributed by atoms with Gasteiger partial charge in [-0.2, -0.15) is 0 Å². The third-order valence-corrected chi connectivity index (χ3v) is 6.02. The number of hydrogen-bond donors (Lipinski definition) is 1.